The number of hydrogen-bond donors (Lipinski definition) is 0. The molecule has 1 rings (SSSR count). The van der Waals surface area contributed by atoms with Gasteiger partial charge in [-0.3, -0.25) is 0 Å². The van der Waals surface area contributed by atoms with Gasteiger partial charge in [-0.25, -0.2) is 0 Å². The van der Waals surface area contributed by atoms with E-state index < -0.39 is 26.0 Å². The van der Waals surface area contributed by atoms with Gasteiger partial charge in [-0.05, 0) is 11.6 Å². The second kappa shape index (κ2) is 6.33. The molecule has 0 spiro atoms. The van der Waals surface area contributed by atoms with Crippen LogP contribution in [0.3, 0.4) is 0 Å². The molecule has 1 aromatic carbocycles. The Morgan fingerprint density at radius 2 is 1.72 bits per heavy atom. The third-order valence-electron chi connectivity index (χ3n) is 1.75. The van der Waals surface area contributed by atoms with Crippen molar-refractivity contribution in [1.82, 2.24) is 0 Å². The number of hydrogen-bond acceptors (Lipinski definition) is 5. The predicted octanol–water partition coefficient (Wildman–Crippen LogP) is 1.57. The third kappa shape index (κ3) is 5.63. The van der Waals surface area contributed by atoms with Gasteiger partial charge in [0.1, 0.15) is 0 Å². The first-order valence-corrected chi connectivity index (χ1v) is 8.41. The van der Waals surface area contributed by atoms with Crippen molar-refractivity contribution < 1.29 is 20.5 Å². The average Bonchev–Trinajstić information content (AvgIpc) is 2.26. The fourth-order valence-electron chi connectivity index (χ4n) is 1.02. The molecule has 0 saturated heterocycles. The predicted molar refractivity (Wildman–Crippen MR) is 70.0 cm³/mol. The van der Waals surface area contributed by atoms with Crippen LogP contribution in [0.5, 0.6) is 0 Å². The smallest absolute Gasteiger partial charge is 0.198 e. The lowest BCUT2D eigenvalue weighted by atomic mass is 10.2. The highest BCUT2D eigenvalue weighted by Gasteiger charge is 2.19. The second-order valence-corrected chi connectivity index (χ2v) is 6.93. The van der Waals surface area contributed by atoms with E-state index in [1.807, 2.05) is 0 Å². The van der Waals surface area contributed by atoms with Gasteiger partial charge >= 0.3 is 10.1 Å². The fraction of sp³-hybridized carbons (Fsp3) is 0.200. The molecule has 0 atom stereocenters. The lowest BCUT2D eigenvalue weighted by Crippen LogP contribution is -2.15. The summed E-state index contributed by atoms with van der Waals surface area (Å²) in [4.78, 5) is 0. The van der Waals surface area contributed by atoms with E-state index in [4.69, 9.17) is 11.6 Å². The first-order chi connectivity index (χ1) is 8.35. The zero-order valence-corrected chi connectivity index (χ0v) is 11.6. The molecule has 1 aromatic rings. The molecule has 0 aliphatic heterocycles. The van der Waals surface area contributed by atoms with Gasteiger partial charge in [0.2, 0.25) is 0 Å². The summed E-state index contributed by atoms with van der Waals surface area (Å²) < 4.78 is 49.1. The van der Waals surface area contributed by atoms with Gasteiger partial charge in [0.25, 0.3) is 10.1 Å². The first-order valence-electron chi connectivity index (χ1n) is 4.82. The van der Waals surface area contributed by atoms with Gasteiger partial charge in [-0.15, -0.1) is 15.2 Å². The van der Waals surface area contributed by atoms with Crippen LogP contribution in [0.15, 0.2) is 35.7 Å². The summed E-state index contributed by atoms with van der Waals surface area (Å²) in [5, 5.41) is 0.689. The van der Waals surface area contributed by atoms with Crippen molar-refractivity contribution >= 4 is 37.9 Å². The van der Waals surface area contributed by atoms with Crippen LogP contribution in [0, 0.1) is 0 Å². The summed E-state index contributed by atoms with van der Waals surface area (Å²) in [6.07, 6.45) is 1.24. The molecule has 5 nitrogen and oxygen atoms in total. The highest BCUT2D eigenvalue weighted by molar-refractivity contribution is 8.01. The molecule has 0 saturated carbocycles. The van der Waals surface area contributed by atoms with E-state index in [0.717, 1.165) is 0 Å². The number of rotatable bonds is 6. The quantitative estimate of drug-likeness (QED) is 0.745. The minimum atomic E-state index is -4.29. The van der Waals surface area contributed by atoms with Gasteiger partial charge in [-0.1, -0.05) is 30.3 Å². The Balaban J connectivity index is 2.81. The van der Waals surface area contributed by atoms with Gasteiger partial charge in [-0.2, -0.15) is 16.8 Å². The van der Waals surface area contributed by atoms with Crippen molar-refractivity contribution in [1.29, 1.82) is 0 Å². The third-order valence-corrected chi connectivity index (χ3v) is 4.93. The normalized spacial score (nSPS) is 12.9. The van der Waals surface area contributed by atoms with Crippen molar-refractivity contribution in [2.24, 2.45) is 0 Å². The SMILES string of the molecule is O=S(=O)(C=Cc1ccccc1)OS(=O)(=O)CCCl. The average molecular weight is 311 g/mol. The molecule has 100 valence electrons. The summed E-state index contributed by atoms with van der Waals surface area (Å²) in [7, 11) is -8.45. The Morgan fingerprint density at radius 1 is 1.11 bits per heavy atom. The van der Waals surface area contributed by atoms with Crippen LogP contribution >= 0.6 is 11.6 Å². The maximum absolute atomic E-state index is 11.4. The van der Waals surface area contributed by atoms with Gasteiger partial charge < -0.3 is 0 Å². The highest BCUT2D eigenvalue weighted by Crippen LogP contribution is 2.08. The van der Waals surface area contributed by atoms with Crippen molar-refractivity contribution in [2.75, 3.05) is 11.6 Å². The lowest BCUT2D eigenvalue weighted by molar-refractivity contribution is 0.470. The van der Waals surface area contributed by atoms with E-state index in [0.29, 0.717) is 11.0 Å². The Hall–Kier alpha value is -0.890. The lowest BCUT2D eigenvalue weighted by Gasteiger charge is -2.00. The van der Waals surface area contributed by atoms with E-state index in [2.05, 4.69) is 3.63 Å². The van der Waals surface area contributed by atoms with Crippen LogP contribution in [0.25, 0.3) is 6.08 Å². The van der Waals surface area contributed by atoms with E-state index in [9.17, 15) is 16.8 Å². The van der Waals surface area contributed by atoms with Gasteiger partial charge in [0.15, 0.2) is 0 Å². The largest absolute Gasteiger partial charge is 0.304 e. The van der Waals surface area contributed by atoms with Crippen LogP contribution in [0.4, 0.5) is 0 Å². The maximum atomic E-state index is 11.4. The minimum Gasteiger partial charge on any atom is -0.198 e. The molecule has 0 heterocycles. The van der Waals surface area contributed by atoms with Crippen molar-refractivity contribution in [3.63, 3.8) is 0 Å². The molecular weight excluding hydrogens is 300 g/mol. The second-order valence-electron chi connectivity index (χ2n) is 3.23. The molecule has 0 N–H and O–H groups in total. The number of benzene rings is 1. The Labute approximate surface area is 111 Å². The molecule has 0 aliphatic carbocycles. The fourth-order valence-corrected chi connectivity index (χ4v) is 3.71. The summed E-state index contributed by atoms with van der Waals surface area (Å²) in [5.74, 6) is -0.798. The molecule has 8 heteroatoms. The molecule has 0 fully saturated rings. The molecule has 0 amide bonds. The first kappa shape index (κ1) is 15.2. The Kier molecular flexibility index (Phi) is 5.33. The van der Waals surface area contributed by atoms with Crippen LogP contribution < -0.4 is 0 Å². The number of halogens is 1. The Morgan fingerprint density at radius 3 is 2.28 bits per heavy atom. The van der Waals surface area contributed by atoms with Crippen molar-refractivity contribution in [3.05, 3.63) is 41.3 Å². The monoisotopic (exact) mass is 310 g/mol. The van der Waals surface area contributed by atoms with Crippen molar-refractivity contribution in [2.45, 2.75) is 0 Å². The van der Waals surface area contributed by atoms with Crippen LogP contribution in [0.2, 0.25) is 0 Å². The molecule has 0 radical (unpaired) electrons. The summed E-state index contributed by atoms with van der Waals surface area (Å²) in [6.45, 7) is 0. The van der Waals surface area contributed by atoms with Crippen LogP contribution in [0.1, 0.15) is 5.56 Å². The van der Waals surface area contributed by atoms with Crippen molar-refractivity contribution in [3.8, 4) is 0 Å². The van der Waals surface area contributed by atoms with E-state index >= 15 is 0 Å². The van der Waals surface area contributed by atoms with Gasteiger partial charge in [0.05, 0.1) is 11.2 Å². The molecule has 0 aromatic heterocycles. The Bertz CT molecular complexity index is 605. The minimum absolute atomic E-state index is 0.236. The van der Waals surface area contributed by atoms with E-state index in [1.54, 1.807) is 30.3 Å². The van der Waals surface area contributed by atoms with E-state index in [1.165, 1.54) is 6.08 Å². The topological polar surface area (TPSA) is 77.5 Å². The highest BCUT2D eigenvalue weighted by atomic mass is 35.5. The number of alkyl halides is 1. The molecular formula is C10H11ClO5S2. The summed E-state index contributed by atoms with van der Waals surface area (Å²) in [6, 6.07) is 8.54. The molecule has 0 unspecified atom stereocenters. The zero-order valence-electron chi connectivity index (χ0n) is 9.19. The van der Waals surface area contributed by atoms with Crippen LogP contribution in [-0.4, -0.2) is 28.5 Å². The maximum Gasteiger partial charge on any atom is 0.304 e. The molecule has 0 bridgehead atoms. The zero-order chi connectivity index (χ0) is 13.6. The summed E-state index contributed by atoms with van der Waals surface area (Å²) in [5.41, 5.74) is 0.611. The standard InChI is InChI=1S/C10H11ClO5S2/c11-7-9-18(14,15)16-17(12,13)8-6-10-4-2-1-3-5-10/h1-6,8H,7,9H2. The van der Waals surface area contributed by atoms with Crippen LogP contribution in [-0.2, 0) is 23.9 Å². The summed E-state index contributed by atoms with van der Waals surface area (Å²) >= 11 is 5.22. The molecule has 0 aliphatic rings. The van der Waals surface area contributed by atoms with Gasteiger partial charge in [0, 0.05) is 5.88 Å². The van der Waals surface area contributed by atoms with E-state index in [-0.39, 0.29) is 5.88 Å². The molecule has 18 heavy (non-hydrogen) atoms.